The SMILES string of the molecule is Cc1nccc(C(=O)O)c1NC(=O)OCc1ccccc1. The summed E-state index contributed by atoms with van der Waals surface area (Å²) in [7, 11) is 0. The average molecular weight is 286 g/mol. The van der Waals surface area contributed by atoms with Crippen molar-refractivity contribution < 1.29 is 19.4 Å². The summed E-state index contributed by atoms with van der Waals surface area (Å²) in [5.74, 6) is -1.14. The van der Waals surface area contributed by atoms with Gasteiger partial charge in [-0.1, -0.05) is 30.3 Å². The molecule has 1 aromatic heterocycles. The third-order valence-electron chi connectivity index (χ3n) is 2.81. The number of pyridine rings is 1. The van der Waals surface area contributed by atoms with Gasteiger partial charge in [0.25, 0.3) is 0 Å². The van der Waals surface area contributed by atoms with Crippen LogP contribution < -0.4 is 5.32 Å². The first-order valence-electron chi connectivity index (χ1n) is 6.24. The Kier molecular flexibility index (Phi) is 4.50. The number of carbonyl (C=O) groups is 2. The molecule has 108 valence electrons. The van der Waals surface area contributed by atoms with Gasteiger partial charge in [0.15, 0.2) is 0 Å². The third-order valence-corrected chi connectivity index (χ3v) is 2.81. The number of aromatic nitrogens is 1. The molecule has 2 N–H and O–H groups in total. The summed E-state index contributed by atoms with van der Waals surface area (Å²) in [6, 6.07) is 10.5. The Hall–Kier alpha value is -2.89. The van der Waals surface area contributed by atoms with Gasteiger partial charge in [0.2, 0.25) is 0 Å². The summed E-state index contributed by atoms with van der Waals surface area (Å²) in [5, 5.41) is 11.5. The molecule has 21 heavy (non-hydrogen) atoms. The summed E-state index contributed by atoms with van der Waals surface area (Å²) in [6.07, 6.45) is 0.650. The van der Waals surface area contributed by atoms with Crippen molar-refractivity contribution in [3.8, 4) is 0 Å². The molecule has 0 atom stereocenters. The van der Waals surface area contributed by atoms with Crippen LogP contribution in [0, 0.1) is 6.92 Å². The van der Waals surface area contributed by atoms with E-state index in [0.717, 1.165) is 5.56 Å². The first-order chi connectivity index (χ1) is 10.1. The minimum absolute atomic E-state index is 0.0286. The van der Waals surface area contributed by atoms with Crippen LogP contribution in [-0.2, 0) is 11.3 Å². The van der Waals surface area contributed by atoms with Crippen LogP contribution in [0.2, 0.25) is 0 Å². The zero-order valence-corrected chi connectivity index (χ0v) is 11.4. The van der Waals surface area contributed by atoms with Gasteiger partial charge in [0.05, 0.1) is 16.9 Å². The summed E-state index contributed by atoms with van der Waals surface area (Å²) in [6.45, 7) is 1.72. The van der Waals surface area contributed by atoms with Crippen molar-refractivity contribution in [3.63, 3.8) is 0 Å². The molecule has 2 aromatic rings. The van der Waals surface area contributed by atoms with Gasteiger partial charge in [-0.2, -0.15) is 0 Å². The van der Waals surface area contributed by atoms with Gasteiger partial charge in [0.1, 0.15) is 6.61 Å². The van der Waals surface area contributed by atoms with Gasteiger partial charge in [-0.25, -0.2) is 9.59 Å². The second-order valence-electron chi connectivity index (χ2n) is 4.31. The van der Waals surface area contributed by atoms with Crippen LogP contribution in [0.25, 0.3) is 0 Å². The Labute approximate surface area is 121 Å². The molecule has 0 bridgehead atoms. The number of hydrogen-bond acceptors (Lipinski definition) is 4. The van der Waals surface area contributed by atoms with Crippen molar-refractivity contribution >= 4 is 17.7 Å². The standard InChI is InChI=1S/C15H14N2O4/c1-10-13(12(14(18)19)7-8-16-10)17-15(20)21-9-11-5-3-2-4-6-11/h2-8H,9H2,1H3,(H,17,20)(H,18,19). The summed E-state index contributed by atoms with van der Waals surface area (Å²) in [5.41, 5.74) is 1.36. The fraction of sp³-hybridized carbons (Fsp3) is 0.133. The molecule has 0 aliphatic carbocycles. The molecule has 0 unspecified atom stereocenters. The molecule has 0 saturated carbocycles. The topological polar surface area (TPSA) is 88.5 Å². The fourth-order valence-electron chi connectivity index (χ4n) is 1.76. The van der Waals surface area contributed by atoms with E-state index in [1.807, 2.05) is 30.3 Å². The Bertz CT molecular complexity index is 656. The molecule has 2 rings (SSSR count). The summed E-state index contributed by atoms with van der Waals surface area (Å²) in [4.78, 5) is 26.8. The fourth-order valence-corrected chi connectivity index (χ4v) is 1.76. The van der Waals surface area contributed by atoms with Crippen molar-refractivity contribution in [1.82, 2.24) is 4.98 Å². The maximum Gasteiger partial charge on any atom is 0.412 e. The predicted molar refractivity (Wildman–Crippen MR) is 76.2 cm³/mol. The highest BCUT2D eigenvalue weighted by Crippen LogP contribution is 2.18. The molecular formula is C15H14N2O4. The Morgan fingerprint density at radius 1 is 1.24 bits per heavy atom. The molecule has 0 aliphatic rings. The van der Waals surface area contributed by atoms with Gasteiger partial charge < -0.3 is 9.84 Å². The number of rotatable bonds is 4. The lowest BCUT2D eigenvalue weighted by Gasteiger charge is -2.11. The van der Waals surface area contributed by atoms with Crippen molar-refractivity contribution in [2.45, 2.75) is 13.5 Å². The molecule has 6 nitrogen and oxygen atoms in total. The number of ether oxygens (including phenoxy) is 1. The Morgan fingerprint density at radius 2 is 1.95 bits per heavy atom. The molecule has 0 aliphatic heterocycles. The van der Waals surface area contributed by atoms with Crippen molar-refractivity contribution in [2.24, 2.45) is 0 Å². The lowest BCUT2D eigenvalue weighted by atomic mass is 10.2. The van der Waals surface area contributed by atoms with Crippen LogP contribution in [-0.4, -0.2) is 22.2 Å². The van der Waals surface area contributed by atoms with Crippen LogP contribution in [0.4, 0.5) is 10.5 Å². The van der Waals surface area contributed by atoms with Gasteiger partial charge >= 0.3 is 12.1 Å². The second-order valence-corrected chi connectivity index (χ2v) is 4.31. The molecule has 0 spiro atoms. The van der Waals surface area contributed by atoms with E-state index >= 15 is 0 Å². The molecule has 1 amide bonds. The van der Waals surface area contributed by atoms with E-state index in [1.54, 1.807) is 6.92 Å². The van der Waals surface area contributed by atoms with Crippen LogP contribution in [0.15, 0.2) is 42.6 Å². The van der Waals surface area contributed by atoms with Crippen LogP contribution in [0.1, 0.15) is 21.6 Å². The van der Waals surface area contributed by atoms with Crippen LogP contribution in [0.5, 0.6) is 0 Å². The Balaban J connectivity index is 2.05. The molecule has 6 heteroatoms. The number of carboxylic acid groups (broad SMARTS) is 1. The van der Waals surface area contributed by atoms with Gasteiger partial charge in [-0.3, -0.25) is 10.3 Å². The van der Waals surface area contributed by atoms with E-state index in [4.69, 9.17) is 9.84 Å². The summed E-state index contributed by atoms with van der Waals surface area (Å²) < 4.78 is 5.05. The number of aryl methyl sites for hydroxylation is 1. The number of nitrogens with one attached hydrogen (secondary N) is 1. The van der Waals surface area contributed by atoms with E-state index in [0.29, 0.717) is 5.69 Å². The Morgan fingerprint density at radius 3 is 2.62 bits per heavy atom. The maximum atomic E-state index is 11.8. The highest BCUT2D eigenvalue weighted by atomic mass is 16.5. The average Bonchev–Trinajstić information content (AvgIpc) is 2.48. The quantitative estimate of drug-likeness (QED) is 0.902. The van der Waals surface area contributed by atoms with E-state index in [9.17, 15) is 9.59 Å². The largest absolute Gasteiger partial charge is 0.478 e. The van der Waals surface area contributed by atoms with Gasteiger partial charge in [-0.05, 0) is 18.6 Å². The minimum Gasteiger partial charge on any atom is -0.478 e. The smallest absolute Gasteiger partial charge is 0.412 e. The lowest BCUT2D eigenvalue weighted by molar-refractivity contribution is 0.0698. The predicted octanol–water partition coefficient (Wildman–Crippen LogP) is 2.84. The number of amides is 1. The molecule has 1 aromatic carbocycles. The monoisotopic (exact) mass is 286 g/mol. The van der Waals surface area contributed by atoms with Gasteiger partial charge in [0, 0.05) is 6.20 Å². The van der Waals surface area contributed by atoms with E-state index in [-0.39, 0.29) is 17.9 Å². The minimum atomic E-state index is -1.14. The van der Waals surface area contributed by atoms with E-state index in [2.05, 4.69) is 10.3 Å². The van der Waals surface area contributed by atoms with Crippen molar-refractivity contribution in [1.29, 1.82) is 0 Å². The molecule has 0 radical (unpaired) electrons. The summed E-state index contributed by atoms with van der Waals surface area (Å²) >= 11 is 0. The van der Waals surface area contributed by atoms with Crippen LogP contribution in [0.3, 0.4) is 0 Å². The van der Waals surface area contributed by atoms with E-state index < -0.39 is 12.1 Å². The van der Waals surface area contributed by atoms with Crippen molar-refractivity contribution in [2.75, 3.05) is 5.32 Å². The maximum absolute atomic E-state index is 11.8. The molecule has 0 saturated heterocycles. The van der Waals surface area contributed by atoms with Crippen molar-refractivity contribution in [3.05, 3.63) is 59.4 Å². The van der Waals surface area contributed by atoms with Gasteiger partial charge in [-0.15, -0.1) is 0 Å². The van der Waals surface area contributed by atoms with Crippen LogP contribution >= 0.6 is 0 Å². The highest BCUT2D eigenvalue weighted by molar-refractivity contribution is 5.99. The molecule has 1 heterocycles. The number of carbonyl (C=O) groups excluding carboxylic acids is 1. The number of carboxylic acids is 1. The zero-order chi connectivity index (χ0) is 15.2. The lowest BCUT2D eigenvalue weighted by Crippen LogP contribution is -2.17. The first-order valence-corrected chi connectivity index (χ1v) is 6.24. The number of hydrogen-bond donors (Lipinski definition) is 2. The highest BCUT2D eigenvalue weighted by Gasteiger charge is 2.15. The zero-order valence-electron chi connectivity index (χ0n) is 11.4. The second kappa shape index (κ2) is 6.51. The number of benzene rings is 1. The normalized spacial score (nSPS) is 9.95. The molecular weight excluding hydrogens is 272 g/mol. The number of aromatic carboxylic acids is 1. The first kappa shape index (κ1) is 14.5. The third kappa shape index (κ3) is 3.79. The number of nitrogens with zero attached hydrogens (tertiary/aromatic N) is 1. The molecule has 0 fully saturated rings. The number of anilines is 1. The van der Waals surface area contributed by atoms with E-state index in [1.165, 1.54) is 12.3 Å².